The van der Waals surface area contributed by atoms with E-state index in [0.717, 1.165) is 32.1 Å². The summed E-state index contributed by atoms with van der Waals surface area (Å²) in [6.45, 7) is 9.70. The third-order valence-electron chi connectivity index (χ3n) is 9.71. The molecule has 12 heteroatoms. The Bertz CT molecular complexity index is 1110. The summed E-state index contributed by atoms with van der Waals surface area (Å²) < 4.78 is 0. The monoisotopic (exact) mass is 574 g/mol. The van der Waals surface area contributed by atoms with Gasteiger partial charge in [0.05, 0.1) is 12.6 Å². The molecule has 228 valence electrons. The number of rotatable bonds is 11. The molecule has 0 aromatic heterocycles. The molecule has 5 N–H and O–H groups in total. The van der Waals surface area contributed by atoms with Crippen LogP contribution in [0.2, 0.25) is 0 Å². The standard InChI is InChI=1S/C29H46N6O6/c1-28(2,3)23(33-27(41)31-13-19(36)34(6)16-10-11-16)26(40)35-14-17-20(29(17,4)5)21(35)25(39)32-18(22(37)24(30)38)12-15-8-7-9-15/h15-18,20-21,23H,7-14H2,1-6H3,(H2,30,38)(H,32,39)(H2,31,33,41)/t17-,18?,20-,21-,23+/m0/s1. The maximum absolute atomic E-state index is 14.0. The van der Waals surface area contributed by atoms with Gasteiger partial charge in [-0.3, -0.25) is 24.0 Å². The van der Waals surface area contributed by atoms with Gasteiger partial charge in [0.2, 0.25) is 23.5 Å². The van der Waals surface area contributed by atoms with Crippen LogP contribution < -0.4 is 21.7 Å². The number of fused-ring (bicyclic) bond motifs is 1. The molecule has 3 saturated carbocycles. The van der Waals surface area contributed by atoms with E-state index in [2.05, 4.69) is 16.0 Å². The number of primary amides is 1. The molecule has 1 heterocycles. The van der Waals surface area contributed by atoms with Gasteiger partial charge < -0.3 is 31.5 Å². The zero-order chi connectivity index (χ0) is 30.4. The first-order valence-electron chi connectivity index (χ1n) is 14.8. The van der Waals surface area contributed by atoms with Gasteiger partial charge in [-0.15, -0.1) is 0 Å². The predicted octanol–water partition coefficient (Wildman–Crippen LogP) is 0.534. The van der Waals surface area contributed by atoms with Crippen LogP contribution in [0.25, 0.3) is 0 Å². The lowest BCUT2D eigenvalue weighted by Crippen LogP contribution is -2.61. The fourth-order valence-electron chi connectivity index (χ4n) is 6.48. The van der Waals surface area contributed by atoms with Gasteiger partial charge in [-0.25, -0.2) is 4.79 Å². The van der Waals surface area contributed by atoms with Crippen LogP contribution >= 0.6 is 0 Å². The largest absolute Gasteiger partial charge is 0.363 e. The van der Waals surface area contributed by atoms with Crippen LogP contribution in [-0.2, 0) is 24.0 Å². The Balaban J connectivity index is 1.47. The van der Waals surface area contributed by atoms with Crippen molar-refractivity contribution in [2.45, 2.75) is 97.3 Å². The average molecular weight is 575 g/mol. The fourth-order valence-corrected chi connectivity index (χ4v) is 6.48. The van der Waals surface area contributed by atoms with Crippen molar-refractivity contribution in [2.24, 2.45) is 34.3 Å². The van der Waals surface area contributed by atoms with Crippen LogP contribution in [0.15, 0.2) is 0 Å². The molecule has 3 aliphatic carbocycles. The highest BCUT2D eigenvalue weighted by Gasteiger charge is 2.70. The van der Waals surface area contributed by atoms with Crippen LogP contribution in [0.1, 0.15) is 73.1 Å². The quantitative estimate of drug-likeness (QED) is 0.262. The van der Waals surface area contributed by atoms with Crippen molar-refractivity contribution in [1.82, 2.24) is 25.8 Å². The van der Waals surface area contributed by atoms with E-state index in [0.29, 0.717) is 13.0 Å². The number of nitrogens with one attached hydrogen (secondary N) is 3. The Morgan fingerprint density at radius 2 is 1.66 bits per heavy atom. The molecule has 1 saturated heterocycles. The van der Waals surface area contributed by atoms with Crippen molar-refractivity contribution in [3.63, 3.8) is 0 Å². The lowest BCUT2D eigenvalue weighted by molar-refractivity contribution is -0.145. The molecule has 12 nitrogen and oxygen atoms in total. The van der Waals surface area contributed by atoms with Crippen molar-refractivity contribution in [3.8, 4) is 0 Å². The van der Waals surface area contributed by atoms with E-state index in [-0.39, 0.29) is 41.7 Å². The molecule has 41 heavy (non-hydrogen) atoms. The number of Topliss-reactive ketones (excluding diaryl/α,β-unsaturated/α-hetero) is 1. The van der Waals surface area contributed by atoms with E-state index >= 15 is 0 Å². The van der Waals surface area contributed by atoms with Gasteiger partial charge in [0.1, 0.15) is 12.1 Å². The van der Waals surface area contributed by atoms with Crippen LogP contribution in [0.4, 0.5) is 4.79 Å². The summed E-state index contributed by atoms with van der Waals surface area (Å²) in [7, 11) is 1.71. The molecular formula is C29H46N6O6. The van der Waals surface area contributed by atoms with Crippen molar-refractivity contribution >= 4 is 35.4 Å². The average Bonchev–Trinajstić information content (AvgIpc) is 3.74. The van der Waals surface area contributed by atoms with Gasteiger partial charge in [0.15, 0.2) is 0 Å². The second-order valence-electron chi connectivity index (χ2n) is 14.1. The molecule has 4 aliphatic rings. The summed E-state index contributed by atoms with van der Waals surface area (Å²) in [5.74, 6) is -2.83. The minimum absolute atomic E-state index is 0.0872. The van der Waals surface area contributed by atoms with Gasteiger partial charge in [-0.2, -0.15) is 0 Å². The second-order valence-corrected chi connectivity index (χ2v) is 14.1. The van der Waals surface area contributed by atoms with Crippen LogP contribution in [0.5, 0.6) is 0 Å². The summed E-state index contributed by atoms with van der Waals surface area (Å²) in [5, 5.41) is 8.07. The van der Waals surface area contributed by atoms with Gasteiger partial charge >= 0.3 is 6.03 Å². The number of carbonyl (C=O) groups is 6. The highest BCUT2D eigenvalue weighted by Crippen LogP contribution is 2.65. The number of likely N-dealkylation sites (N-methyl/N-ethyl adjacent to an activating group) is 1. The number of likely N-dealkylation sites (tertiary alicyclic amines) is 1. The lowest BCUT2D eigenvalue weighted by Gasteiger charge is -2.38. The number of hydrogen-bond donors (Lipinski definition) is 4. The third kappa shape index (κ3) is 6.51. The minimum atomic E-state index is -1.09. The smallest absolute Gasteiger partial charge is 0.315 e. The molecule has 0 radical (unpaired) electrons. The van der Waals surface area contributed by atoms with E-state index < -0.39 is 53.1 Å². The third-order valence-corrected chi connectivity index (χ3v) is 9.71. The SMILES string of the molecule is CN(C(=O)CNC(=O)N[C@H](C(=O)N1C[C@H]2[C@@H]([C@H]1C(=O)NC(CC1CCC1)C(=O)C(N)=O)C2(C)C)C(C)(C)C)C1CC1. The van der Waals surface area contributed by atoms with E-state index in [1.165, 1.54) is 4.90 Å². The first kappa shape index (κ1) is 30.8. The molecule has 0 aromatic rings. The Kier molecular flexibility index (Phi) is 8.44. The Morgan fingerprint density at radius 3 is 2.17 bits per heavy atom. The van der Waals surface area contributed by atoms with Gasteiger partial charge in [0, 0.05) is 19.6 Å². The molecule has 0 aromatic carbocycles. The summed E-state index contributed by atoms with van der Waals surface area (Å²) in [5.41, 5.74) is 4.41. The number of ketones is 1. The van der Waals surface area contributed by atoms with Crippen LogP contribution in [-0.4, -0.2) is 89.5 Å². The number of piperidine rings is 1. The maximum atomic E-state index is 14.0. The van der Waals surface area contributed by atoms with Crippen LogP contribution in [0, 0.1) is 28.6 Å². The number of urea groups is 1. The molecule has 1 aliphatic heterocycles. The molecule has 4 fully saturated rings. The zero-order valence-electron chi connectivity index (χ0n) is 25.1. The highest BCUT2D eigenvalue weighted by atomic mass is 16.2. The fraction of sp³-hybridized carbons (Fsp3) is 0.793. The predicted molar refractivity (Wildman–Crippen MR) is 150 cm³/mol. The summed E-state index contributed by atoms with van der Waals surface area (Å²) in [6.07, 6.45) is 5.14. The van der Waals surface area contributed by atoms with E-state index in [9.17, 15) is 28.8 Å². The van der Waals surface area contributed by atoms with Gasteiger partial charge in [-0.05, 0) is 47.8 Å². The second kappa shape index (κ2) is 11.2. The zero-order valence-corrected chi connectivity index (χ0v) is 25.1. The van der Waals surface area contributed by atoms with Gasteiger partial charge in [0.25, 0.3) is 5.91 Å². The Hall–Kier alpha value is -3.18. The number of amides is 6. The van der Waals surface area contributed by atoms with Crippen LogP contribution in [0.3, 0.4) is 0 Å². The van der Waals surface area contributed by atoms with E-state index in [1.54, 1.807) is 11.9 Å². The molecule has 6 amide bonds. The minimum Gasteiger partial charge on any atom is -0.363 e. The van der Waals surface area contributed by atoms with Crippen molar-refractivity contribution in [2.75, 3.05) is 20.1 Å². The van der Waals surface area contributed by atoms with E-state index in [4.69, 9.17) is 5.73 Å². The number of hydrogen-bond acceptors (Lipinski definition) is 6. The molecule has 5 atom stereocenters. The summed E-state index contributed by atoms with van der Waals surface area (Å²) in [4.78, 5) is 80.4. The topological polar surface area (TPSA) is 171 Å². The molecule has 4 rings (SSSR count). The maximum Gasteiger partial charge on any atom is 0.315 e. The summed E-state index contributed by atoms with van der Waals surface area (Å²) >= 11 is 0. The first-order valence-corrected chi connectivity index (χ1v) is 14.8. The van der Waals surface area contributed by atoms with Crippen molar-refractivity contribution < 1.29 is 28.8 Å². The number of nitrogens with zero attached hydrogens (tertiary/aromatic N) is 2. The van der Waals surface area contributed by atoms with Crippen molar-refractivity contribution in [1.29, 1.82) is 0 Å². The van der Waals surface area contributed by atoms with E-state index in [1.807, 2.05) is 34.6 Å². The molecule has 0 bridgehead atoms. The first-order chi connectivity index (χ1) is 19.0. The lowest BCUT2D eigenvalue weighted by atomic mass is 9.80. The molecular weight excluding hydrogens is 528 g/mol. The normalized spacial score (nSPS) is 26.1. The highest BCUT2D eigenvalue weighted by molar-refractivity contribution is 6.37. The van der Waals surface area contributed by atoms with Gasteiger partial charge in [-0.1, -0.05) is 53.9 Å². The Labute approximate surface area is 241 Å². The molecule has 1 unspecified atom stereocenters. The Morgan fingerprint density at radius 1 is 1.02 bits per heavy atom. The van der Waals surface area contributed by atoms with Crippen molar-refractivity contribution in [3.05, 3.63) is 0 Å². The number of carbonyl (C=O) groups excluding carboxylic acids is 6. The summed E-state index contributed by atoms with van der Waals surface area (Å²) in [6, 6.07) is -3.29. The number of nitrogens with two attached hydrogens (primary N) is 1. The molecule has 0 spiro atoms.